The molecule has 0 saturated heterocycles. The van der Waals surface area contributed by atoms with Crippen LogP contribution in [0.2, 0.25) is 0 Å². The summed E-state index contributed by atoms with van der Waals surface area (Å²) in [5, 5.41) is 2.09. The molecular formula is C48H42N6O6. The van der Waals surface area contributed by atoms with Crippen molar-refractivity contribution in [1.82, 2.24) is 29.9 Å². The van der Waals surface area contributed by atoms with E-state index in [0.29, 0.717) is 98.6 Å². The first-order chi connectivity index (χ1) is 29.7. The van der Waals surface area contributed by atoms with Crippen LogP contribution in [0.25, 0.3) is 56.3 Å². The molecule has 0 aliphatic heterocycles. The Balaban J connectivity index is 0.802. The van der Waals surface area contributed by atoms with Crippen LogP contribution in [0.1, 0.15) is 0 Å². The third-order valence-corrected chi connectivity index (χ3v) is 9.08. The Morgan fingerprint density at radius 3 is 0.933 bits per heavy atom. The summed E-state index contributed by atoms with van der Waals surface area (Å²) in [5.41, 5.74) is 5.79. The van der Waals surface area contributed by atoms with Gasteiger partial charge in [-0.15, -0.1) is 0 Å². The molecule has 0 radical (unpaired) electrons. The molecule has 0 amide bonds. The Kier molecular flexibility index (Phi) is 13.5. The molecule has 0 atom stereocenters. The molecule has 60 heavy (non-hydrogen) atoms. The zero-order valence-corrected chi connectivity index (χ0v) is 32.8. The Morgan fingerprint density at radius 1 is 0.300 bits per heavy atom. The minimum atomic E-state index is 0.324. The molecule has 8 rings (SSSR count). The van der Waals surface area contributed by atoms with Gasteiger partial charge in [0.1, 0.15) is 37.9 Å². The van der Waals surface area contributed by atoms with E-state index in [9.17, 15) is 0 Å². The van der Waals surface area contributed by atoms with Crippen LogP contribution >= 0.6 is 0 Å². The predicted molar refractivity (Wildman–Crippen MR) is 229 cm³/mol. The van der Waals surface area contributed by atoms with Gasteiger partial charge in [-0.25, -0.2) is 9.97 Å². The number of pyridine rings is 6. The van der Waals surface area contributed by atoms with Gasteiger partial charge >= 0.3 is 0 Å². The van der Waals surface area contributed by atoms with Crippen molar-refractivity contribution in [1.29, 1.82) is 0 Å². The fourth-order valence-electron chi connectivity index (χ4n) is 6.25. The molecule has 6 heterocycles. The zero-order valence-electron chi connectivity index (χ0n) is 32.8. The van der Waals surface area contributed by atoms with E-state index in [2.05, 4.69) is 19.9 Å². The monoisotopic (exact) mass is 798 g/mol. The highest BCUT2D eigenvalue weighted by Gasteiger charge is 2.13. The second-order valence-electron chi connectivity index (χ2n) is 13.3. The summed E-state index contributed by atoms with van der Waals surface area (Å²) >= 11 is 0. The van der Waals surface area contributed by atoms with Gasteiger partial charge in [0, 0.05) is 49.1 Å². The van der Waals surface area contributed by atoms with Crippen LogP contribution in [0.4, 0.5) is 0 Å². The SMILES string of the molecule is c1ccc(-c2cc(OCCOCCOc3cc4ccccc4cc3OCCOCCOc3cc(-c4ccccn4)nc(-c4ccccn4)c3)cc(-c3ccccn3)n2)nc1. The van der Waals surface area contributed by atoms with Gasteiger partial charge in [0.2, 0.25) is 0 Å². The molecule has 6 aromatic heterocycles. The molecule has 0 bridgehead atoms. The maximum Gasteiger partial charge on any atom is 0.161 e. The van der Waals surface area contributed by atoms with E-state index in [1.165, 1.54) is 0 Å². The van der Waals surface area contributed by atoms with Gasteiger partial charge in [0.15, 0.2) is 11.5 Å². The number of hydrogen-bond donors (Lipinski definition) is 0. The van der Waals surface area contributed by atoms with E-state index in [1.807, 2.05) is 133 Å². The highest BCUT2D eigenvalue weighted by atomic mass is 16.6. The second-order valence-corrected chi connectivity index (χ2v) is 13.3. The highest BCUT2D eigenvalue weighted by Crippen LogP contribution is 2.33. The third kappa shape index (κ3) is 10.8. The quantitative estimate of drug-likeness (QED) is 0.0683. The summed E-state index contributed by atoms with van der Waals surface area (Å²) < 4.78 is 36.3. The largest absolute Gasteiger partial charge is 0.491 e. The lowest BCUT2D eigenvalue weighted by Crippen LogP contribution is -2.14. The van der Waals surface area contributed by atoms with Gasteiger partial charge in [-0.3, -0.25) is 19.9 Å². The summed E-state index contributed by atoms with van der Waals surface area (Å²) in [7, 11) is 0. The van der Waals surface area contributed by atoms with Gasteiger partial charge in [0.05, 0.1) is 72.0 Å². The molecule has 0 unspecified atom stereocenters. The first-order valence-corrected chi connectivity index (χ1v) is 19.6. The Hall–Kier alpha value is -7.28. The molecule has 0 fully saturated rings. The van der Waals surface area contributed by atoms with Crippen molar-refractivity contribution in [2.75, 3.05) is 52.9 Å². The molecule has 0 saturated carbocycles. The van der Waals surface area contributed by atoms with Crippen molar-refractivity contribution in [2.45, 2.75) is 0 Å². The molecule has 0 aliphatic rings. The van der Waals surface area contributed by atoms with Crippen LogP contribution in [0, 0.1) is 0 Å². The summed E-state index contributed by atoms with van der Waals surface area (Å²) in [5.74, 6) is 2.56. The molecule has 12 nitrogen and oxygen atoms in total. The fraction of sp³-hybridized carbons (Fsp3) is 0.167. The molecule has 300 valence electrons. The van der Waals surface area contributed by atoms with E-state index in [4.69, 9.17) is 38.4 Å². The van der Waals surface area contributed by atoms with Crippen LogP contribution in [-0.4, -0.2) is 82.8 Å². The normalized spacial score (nSPS) is 11.0. The van der Waals surface area contributed by atoms with Crippen molar-refractivity contribution >= 4 is 10.8 Å². The predicted octanol–water partition coefficient (Wildman–Crippen LogP) is 8.83. The number of rotatable bonds is 20. The average molecular weight is 799 g/mol. The van der Waals surface area contributed by atoms with Crippen LogP contribution in [0.5, 0.6) is 23.0 Å². The molecule has 8 aromatic rings. The smallest absolute Gasteiger partial charge is 0.161 e. The van der Waals surface area contributed by atoms with E-state index in [0.717, 1.165) is 33.5 Å². The minimum Gasteiger partial charge on any atom is -0.491 e. The Bertz CT molecular complexity index is 2280. The molecule has 0 spiro atoms. The number of benzene rings is 2. The van der Waals surface area contributed by atoms with Crippen molar-refractivity contribution in [3.05, 3.63) is 158 Å². The summed E-state index contributed by atoms with van der Waals surface area (Å²) in [6.07, 6.45) is 6.97. The zero-order chi connectivity index (χ0) is 40.6. The molecular weight excluding hydrogens is 757 g/mol. The summed E-state index contributed by atoms with van der Waals surface area (Å²) in [4.78, 5) is 27.4. The van der Waals surface area contributed by atoms with E-state index in [-0.39, 0.29) is 0 Å². The maximum absolute atomic E-state index is 6.18. The van der Waals surface area contributed by atoms with Gasteiger partial charge in [-0.2, -0.15) is 0 Å². The lowest BCUT2D eigenvalue weighted by molar-refractivity contribution is 0.0700. The van der Waals surface area contributed by atoms with E-state index in [1.54, 1.807) is 24.8 Å². The number of aromatic nitrogens is 6. The van der Waals surface area contributed by atoms with Gasteiger partial charge in [-0.05, 0) is 71.4 Å². The van der Waals surface area contributed by atoms with Gasteiger partial charge in [0.25, 0.3) is 0 Å². The Morgan fingerprint density at radius 2 is 0.617 bits per heavy atom. The minimum absolute atomic E-state index is 0.324. The van der Waals surface area contributed by atoms with E-state index >= 15 is 0 Å². The highest BCUT2D eigenvalue weighted by molar-refractivity contribution is 5.86. The van der Waals surface area contributed by atoms with Crippen molar-refractivity contribution in [3.8, 4) is 68.5 Å². The van der Waals surface area contributed by atoms with Crippen molar-refractivity contribution < 1.29 is 28.4 Å². The average Bonchev–Trinajstić information content (AvgIpc) is 3.32. The summed E-state index contributed by atoms with van der Waals surface area (Å²) in [6.45, 7) is 2.77. The molecule has 12 heteroatoms. The molecule has 0 aliphatic carbocycles. The number of hydrogen-bond acceptors (Lipinski definition) is 12. The second kappa shape index (κ2) is 20.4. The number of ether oxygens (including phenoxy) is 6. The fourth-order valence-corrected chi connectivity index (χ4v) is 6.25. The van der Waals surface area contributed by atoms with Crippen LogP contribution in [0.15, 0.2) is 158 Å². The van der Waals surface area contributed by atoms with Crippen LogP contribution < -0.4 is 18.9 Å². The molecule has 2 aromatic carbocycles. The number of fused-ring (bicyclic) bond motifs is 1. The number of nitrogens with zero attached hydrogens (tertiary/aromatic N) is 6. The van der Waals surface area contributed by atoms with Gasteiger partial charge in [-0.1, -0.05) is 48.5 Å². The van der Waals surface area contributed by atoms with Crippen LogP contribution in [-0.2, 0) is 9.47 Å². The standard InChI is InChI=1S/C48H42N6O6/c1-2-12-36-30-48(60-28-24-56-22-26-58-38-33-45(41-15-5-9-19-51-41)54-46(34-38)42-16-6-10-20-52-42)47(29-35(36)11-1)59-27-23-55-21-25-57-37-31-43(39-13-3-7-17-49-39)53-44(32-37)40-14-4-8-18-50-40/h1-20,29-34H,21-28H2. The van der Waals surface area contributed by atoms with Gasteiger partial charge < -0.3 is 28.4 Å². The first kappa shape index (κ1) is 39.5. The topological polar surface area (TPSA) is 133 Å². The lowest BCUT2D eigenvalue weighted by Gasteiger charge is -2.15. The maximum atomic E-state index is 6.18. The van der Waals surface area contributed by atoms with Crippen LogP contribution in [0.3, 0.4) is 0 Å². The third-order valence-electron chi connectivity index (χ3n) is 9.08. The van der Waals surface area contributed by atoms with E-state index < -0.39 is 0 Å². The molecule has 0 N–H and O–H groups in total. The Labute approximate surface area is 347 Å². The summed E-state index contributed by atoms with van der Waals surface area (Å²) in [6, 6.07) is 42.4. The van der Waals surface area contributed by atoms with Crippen molar-refractivity contribution in [2.24, 2.45) is 0 Å². The lowest BCUT2D eigenvalue weighted by atomic mass is 10.1. The first-order valence-electron chi connectivity index (χ1n) is 19.6. The van der Waals surface area contributed by atoms with Crippen molar-refractivity contribution in [3.63, 3.8) is 0 Å².